The second-order valence-corrected chi connectivity index (χ2v) is 3.55. The van der Waals surface area contributed by atoms with Gasteiger partial charge in [0, 0.05) is 51.7 Å². The van der Waals surface area contributed by atoms with E-state index >= 15 is 0 Å². The van der Waals surface area contributed by atoms with Gasteiger partial charge in [-0.1, -0.05) is 0 Å². The van der Waals surface area contributed by atoms with Crippen LogP contribution in [0.3, 0.4) is 0 Å². The number of hydrogen-bond acceptors (Lipinski definition) is 3. The van der Waals surface area contributed by atoms with Crippen molar-refractivity contribution in [3.63, 3.8) is 0 Å². The summed E-state index contributed by atoms with van der Waals surface area (Å²) in [4.78, 5) is 16.2. The van der Waals surface area contributed by atoms with Gasteiger partial charge in [-0.05, 0) is 0 Å². The summed E-state index contributed by atoms with van der Waals surface area (Å²) in [5.41, 5.74) is -0.0138. The standard InChI is InChI=1S/C9H16N4O/c14-9-11-3-6-13(9)8-7-12-4-1-10-2-5-12/h3,6,10H,1-2,4-5,7-8H2,(H,11,14). The quantitative estimate of drug-likeness (QED) is 0.657. The van der Waals surface area contributed by atoms with E-state index < -0.39 is 0 Å². The van der Waals surface area contributed by atoms with Crippen molar-refractivity contribution >= 4 is 0 Å². The molecule has 2 N–H and O–H groups in total. The minimum absolute atomic E-state index is 0.0138. The summed E-state index contributed by atoms with van der Waals surface area (Å²) in [6, 6.07) is 0. The molecule has 0 spiro atoms. The van der Waals surface area contributed by atoms with Crippen molar-refractivity contribution < 1.29 is 0 Å². The van der Waals surface area contributed by atoms with E-state index in [1.165, 1.54) is 0 Å². The number of aromatic nitrogens is 2. The molecule has 1 aliphatic heterocycles. The van der Waals surface area contributed by atoms with Crippen molar-refractivity contribution in [2.24, 2.45) is 0 Å². The summed E-state index contributed by atoms with van der Waals surface area (Å²) in [7, 11) is 0. The average Bonchev–Trinajstić information content (AvgIpc) is 2.63. The number of nitrogens with one attached hydrogen (secondary N) is 2. The van der Waals surface area contributed by atoms with Gasteiger partial charge in [0.15, 0.2) is 0 Å². The van der Waals surface area contributed by atoms with Crippen LogP contribution in [-0.4, -0.2) is 47.2 Å². The van der Waals surface area contributed by atoms with Crippen molar-refractivity contribution in [3.05, 3.63) is 22.9 Å². The molecule has 0 amide bonds. The SMILES string of the molecule is O=c1[nH]ccn1CCN1CCNCC1. The molecule has 0 aliphatic carbocycles. The molecule has 0 bridgehead atoms. The Morgan fingerprint density at radius 1 is 1.29 bits per heavy atom. The number of rotatable bonds is 3. The third-order valence-corrected chi connectivity index (χ3v) is 2.59. The highest BCUT2D eigenvalue weighted by Gasteiger charge is 2.08. The first-order chi connectivity index (χ1) is 6.86. The Balaban J connectivity index is 1.82. The zero-order chi connectivity index (χ0) is 9.80. The van der Waals surface area contributed by atoms with Crippen LogP contribution in [0.4, 0.5) is 0 Å². The van der Waals surface area contributed by atoms with Gasteiger partial charge in [0.25, 0.3) is 0 Å². The van der Waals surface area contributed by atoms with Gasteiger partial charge >= 0.3 is 5.69 Å². The van der Waals surface area contributed by atoms with Crippen LogP contribution in [-0.2, 0) is 6.54 Å². The molecule has 0 aromatic carbocycles. The lowest BCUT2D eigenvalue weighted by Crippen LogP contribution is -2.44. The molecule has 2 heterocycles. The molecular weight excluding hydrogens is 180 g/mol. The maximum atomic E-state index is 11.2. The normalized spacial score (nSPS) is 18.6. The smallest absolute Gasteiger partial charge is 0.314 e. The van der Waals surface area contributed by atoms with E-state index in [0.29, 0.717) is 0 Å². The van der Waals surface area contributed by atoms with Gasteiger partial charge < -0.3 is 10.3 Å². The lowest BCUT2D eigenvalue weighted by atomic mass is 10.3. The molecule has 5 heteroatoms. The predicted molar refractivity (Wildman–Crippen MR) is 54.4 cm³/mol. The zero-order valence-corrected chi connectivity index (χ0v) is 8.20. The molecule has 0 atom stereocenters. The molecule has 1 aliphatic rings. The summed E-state index contributed by atoms with van der Waals surface area (Å²) >= 11 is 0. The van der Waals surface area contributed by atoms with Crippen molar-refractivity contribution in [1.82, 2.24) is 19.8 Å². The second-order valence-electron chi connectivity index (χ2n) is 3.55. The topological polar surface area (TPSA) is 53.1 Å². The summed E-state index contributed by atoms with van der Waals surface area (Å²) in [6.07, 6.45) is 3.48. The molecule has 1 fully saturated rings. The van der Waals surface area contributed by atoms with Crippen LogP contribution in [0, 0.1) is 0 Å². The fraction of sp³-hybridized carbons (Fsp3) is 0.667. The number of piperazine rings is 1. The fourth-order valence-corrected chi connectivity index (χ4v) is 1.71. The van der Waals surface area contributed by atoms with Gasteiger partial charge in [-0.3, -0.25) is 9.47 Å². The van der Waals surface area contributed by atoms with Gasteiger partial charge in [-0.15, -0.1) is 0 Å². The van der Waals surface area contributed by atoms with Gasteiger partial charge in [0.1, 0.15) is 0 Å². The van der Waals surface area contributed by atoms with Crippen LogP contribution >= 0.6 is 0 Å². The number of H-pyrrole nitrogens is 1. The molecule has 0 radical (unpaired) electrons. The number of aromatic amines is 1. The molecule has 0 unspecified atom stereocenters. The first-order valence-corrected chi connectivity index (χ1v) is 5.03. The Morgan fingerprint density at radius 2 is 2.07 bits per heavy atom. The third-order valence-electron chi connectivity index (χ3n) is 2.59. The van der Waals surface area contributed by atoms with Gasteiger partial charge in [0.2, 0.25) is 0 Å². The number of nitrogens with zero attached hydrogens (tertiary/aromatic N) is 2. The molecule has 5 nitrogen and oxygen atoms in total. The van der Waals surface area contributed by atoms with E-state index in [1.54, 1.807) is 17.0 Å². The predicted octanol–water partition coefficient (Wildman–Crippen LogP) is -0.918. The lowest BCUT2D eigenvalue weighted by Gasteiger charge is -2.26. The van der Waals surface area contributed by atoms with Crippen LogP contribution in [0.2, 0.25) is 0 Å². The monoisotopic (exact) mass is 196 g/mol. The minimum atomic E-state index is -0.0138. The van der Waals surface area contributed by atoms with E-state index in [-0.39, 0.29) is 5.69 Å². The summed E-state index contributed by atoms with van der Waals surface area (Å²) in [6.45, 7) is 6.02. The van der Waals surface area contributed by atoms with Gasteiger partial charge in [-0.25, -0.2) is 4.79 Å². The molecule has 78 valence electrons. The average molecular weight is 196 g/mol. The highest BCUT2D eigenvalue weighted by atomic mass is 16.1. The summed E-state index contributed by atoms with van der Waals surface area (Å²) in [5.74, 6) is 0. The van der Waals surface area contributed by atoms with E-state index in [1.807, 2.05) is 0 Å². The third kappa shape index (κ3) is 2.24. The van der Waals surface area contributed by atoms with Crippen molar-refractivity contribution in [1.29, 1.82) is 0 Å². The van der Waals surface area contributed by atoms with E-state index in [2.05, 4.69) is 15.2 Å². The van der Waals surface area contributed by atoms with Crippen LogP contribution in [0.15, 0.2) is 17.2 Å². The van der Waals surface area contributed by atoms with E-state index in [4.69, 9.17) is 0 Å². The van der Waals surface area contributed by atoms with Gasteiger partial charge in [-0.2, -0.15) is 0 Å². The maximum Gasteiger partial charge on any atom is 0.325 e. The number of imidazole rings is 1. The number of hydrogen-bond donors (Lipinski definition) is 2. The molecular formula is C9H16N4O. The first-order valence-electron chi connectivity index (χ1n) is 5.03. The molecule has 1 aromatic heterocycles. The Kier molecular flexibility index (Phi) is 3.00. The molecule has 1 aromatic rings. The zero-order valence-electron chi connectivity index (χ0n) is 8.20. The highest BCUT2D eigenvalue weighted by Crippen LogP contribution is 1.92. The minimum Gasteiger partial charge on any atom is -0.314 e. The van der Waals surface area contributed by atoms with Crippen LogP contribution in [0.5, 0.6) is 0 Å². The van der Waals surface area contributed by atoms with E-state index in [0.717, 1.165) is 39.3 Å². The maximum absolute atomic E-state index is 11.2. The Bertz CT molecular complexity index is 324. The van der Waals surface area contributed by atoms with Gasteiger partial charge in [0.05, 0.1) is 0 Å². The molecule has 1 saturated heterocycles. The second kappa shape index (κ2) is 4.43. The van der Waals surface area contributed by atoms with Crippen molar-refractivity contribution in [3.8, 4) is 0 Å². The Morgan fingerprint density at radius 3 is 2.71 bits per heavy atom. The largest absolute Gasteiger partial charge is 0.325 e. The van der Waals surface area contributed by atoms with Crippen molar-refractivity contribution in [2.45, 2.75) is 6.54 Å². The van der Waals surface area contributed by atoms with Crippen LogP contribution < -0.4 is 11.0 Å². The summed E-state index contributed by atoms with van der Waals surface area (Å²) < 4.78 is 1.71. The van der Waals surface area contributed by atoms with Crippen LogP contribution in [0.1, 0.15) is 0 Å². The highest BCUT2D eigenvalue weighted by molar-refractivity contribution is 4.77. The summed E-state index contributed by atoms with van der Waals surface area (Å²) in [5, 5.41) is 3.30. The lowest BCUT2D eigenvalue weighted by molar-refractivity contribution is 0.231. The first kappa shape index (κ1) is 9.48. The molecule has 14 heavy (non-hydrogen) atoms. The fourth-order valence-electron chi connectivity index (χ4n) is 1.71. The molecule has 2 rings (SSSR count). The van der Waals surface area contributed by atoms with Crippen molar-refractivity contribution in [2.75, 3.05) is 32.7 Å². The molecule has 0 saturated carbocycles. The Labute approximate surface area is 82.7 Å². The van der Waals surface area contributed by atoms with Crippen LogP contribution in [0.25, 0.3) is 0 Å². The Hall–Kier alpha value is -1.07. The van der Waals surface area contributed by atoms with E-state index in [9.17, 15) is 4.79 Å².